The second-order valence-corrected chi connectivity index (χ2v) is 6.90. The van der Waals surface area contributed by atoms with E-state index in [0.29, 0.717) is 24.2 Å². The van der Waals surface area contributed by atoms with Crippen LogP contribution < -0.4 is 10.6 Å². The van der Waals surface area contributed by atoms with Crippen molar-refractivity contribution in [3.63, 3.8) is 0 Å². The van der Waals surface area contributed by atoms with Crippen LogP contribution in [-0.2, 0) is 4.74 Å². The summed E-state index contributed by atoms with van der Waals surface area (Å²) in [5, 5.41) is 15.7. The summed E-state index contributed by atoms with van der Waals surface area (Å²) >= 11 is 5.42. The Bertz CT molecular complexity index is 370. The number of rotatable bonds is 5. The molecule has 0 aliphatic carbocycles. The molecule has 1 fully saturated rings. The summed E-state index contributed by atoms with van der Waals surface area (Å²) in [5.74, 6) is 0. The maximum Gasteiger partial charge on any atom is 0.407 e. The summed E-state index contributed by atoms with van der Waals surface area (Å²) in [6, 6.07) is 0.317. The number of nitrogens with one attached hydrogen (secondary N) is 2. The average Bonchev–Trinajstić information content (AvgIpc) is 2.42. The summed E-state index contributed by atoms with van der Waals surface area (Å²) < 4.78 is 5.16. The van der Waals surface area contributed by atoms with Crippen LogP contribution in [0.3, 0.4) is 0 Å². The van der Waals surface area contributed by atoms with Gasteiger partial charge in [0.1, 0.15) is 5.60 Å². The van der Waals surface area contributed by atoms with Crippen molar-refractivity contribution in [1.82, 2.24) is 15.5 Å². The van der Waals surface area contributed by atoms with Crippen molar-refractivity contribution in [2.24, 2.45) is 0 Å². The topological polar surface area (TPSA) is 73.8 Å². The lowest BCUT2D eigenvalue weighted by Gasteiger charge is -2.37. The third-order valence-corrected chi connectivity index (χ3v) is 3.80. The summed E-state index contributed by atoms with van der Waals surface area (Å²) in [6.45, 7) is 7.61. The second kappa shape index (κ2) is 9.15. The van der Waals surface area contributed by atoms with Crippen LogP contribution in [0.1, 0.15) is 46.5 Å². The van der Waals surface area contributed by atoms with E-state index in [1.807, 2.05) is 20.8 Å². The lowest BCUT2D eigenvalue weighted by Crippen LogP contribution is -2.50. The maximum absolute atomic E-state index is 11.5. The van der Waals surface area contributed by atoms with Gasteiger partial charge in [-0.3, -0.25) is 0 Å². The number of ether oxygens (including phenoxy) is 1. The Morgan fingerprint density at radius 1 is 1.32 bits per heavy atom. The molecular formula is C15H29N3O3S. The highest BCUT2D eigenvalue weighted by Gasteiger charge is 2.23. The van der Waals surface area contributed by atoms with Crippen molar-refractivity contribution in [2.75, 3.05) is 26.2 Å². The SMILES string of the molecule is CC(C)(C)OC(=O)NCCNC(=S)N1CCCCC1CCO. The Morgan fingerprint density at radius 3 is 2.64 bits per heavy atom. The molecule has 0 spiro atoms. The van der Waals surface area contributed by atoms with Crippen LogP contribution in [0.15, 0.2) is 0 Å². The number of carbonyl (C=O) groups is 1. The summed E-state index contributed by atoms with van der Waals surface area (Å²) in [5.41, 5.74) is -0.488. The first-order valence-corrected chi connectivity index (χ1v) is 8.36. The van der Waals surface area contributed by atoms with Gasteiger partial charge in [0.25, 0.3) is 0 Å². The number of likely N-dealkylation sites (tertiary alicyclic amines) is 1. The molecule has 0 saturated carbocycles. The van der Waals surface area contributed by atoms with Crippen LogP contribution in [0, 0.1) is 0 Å². The number of hydrogen-bond donors (Lipinski definition) is 3. The minimum atomic E-state index is -0.488. The van der Waals surface area contributed by atoms with Gasteiger partial charge in [0.05, 0.1) is 0 Å². The van der Waals surface area contributed by atoms with Gasteiger partial charge < -0.3 is 25.4 Å². The summed E-state index contributed by atoms with van der Waals surface area (Å²) in [4.78, 5) is 13.7. The van der Waals surface area contributed by atoms with Gasteiger partial charge in [0.2, 0.25) is 0 Å². The van der Waals surface area contributed by atoms with Crippen molar-refractivity contribution in [2.45, 2.75) is 58.1 Å². The van der Waals surface area contributed by atoms with Gasteiger partial charge in [0.15, 0.2) is 5.11 Å². The van der Waals surface area contributed by atoms with E-state index in [4.69, 9.17) is 22.1 Å². The highest BCUT2D eigenvalue weighted by molar-refractivity contribution is 7.80. The smallest absolute Gasteiger partial charge is 0.407 e. The number of piperidine rings is 1. The minimum Gasteiger partial charge on any atom is -0.444 e. The predicted molar refractivity (Wildman–Crippen MR) is 90.9 cm³/mol. The van der Waals surface area contributed by atoms with Crippen LogP contribution in [0.5, 0.6) is 0 Å². The first kappa shape index (κ1) is 19.0. The van der Waals surface area contributed by atoms with E-state index in [1.165, 1.54) is 6.42 Å². The van der Waals surface area contributed by atoms with Crippen molar-refractivity contribution in [3.05, 3.63) is 0 Å². The lowest BCUT2D eigenvalue weighted by atomic mass is 10.0. The number of hydrogen-bond acceptors (Lipinski definition) is 4. The lowest BCUT2D eigenvalue weighted by molar-refractivity contribution is 0.0528. The highest BCUT2D eigenvalue weighted by atomic mass is 32.1. The van der Waals surface area contributed by atoms with Crippen LogP contribution in [0.2, 0.25) is 0 Å². The quantitative estimate of drug-likeness (QED) is 0.525. The molecule has 0 aromatic rings. The fourth-order valence-corrected chi connectivity index (χ4v) is 2.81. The predicted octanol–water partition coefficient (Wildman–Crippen LogP) is 1.62. The minimum absolute atomic E-state index is 0.185. The van der Waals surface area contributed by atoms with Crippen LogP contribution in [0.25, 0.3) is 0 Å². The summed E-state index contributed by atoms with van der Waals surface area (Å²) in [6.07, 6.45) is 3.71. The molecule has 0 bridgehead atoms. The number of aliphatic hydroxyl groups is 1. The number of thiocarbonyl (C=S) groups is 1. The van der Waals surface area contributed by atoms with Gasteiger partial charge in [-0.2, -0.15) is 0 Å². The number of aliphatic hydroxyl groups excluding tert-OH is 1. The van der Waals surface area contributed by atoms with E-state index < -0.39 is 11.7 Å². The van der Waals surface area contributed by atoms with E-state index in [0.717, 1.165) is 25.8 Å². The maximum atomic E-state index is 11.5. The fourth-order valence-electron chi connectivity index (χ4n) is 2.47. The number of nitrogens with zero attached hydrogens (tertiary/aromatic N) is 1. The highest BCUT2D eigenvalue weighted by Crippen LogP contribution is 2.19. The number of alkyl carbamates (subject to hydrolysis) is 1. The molecule has 1 rings (SSSR count). The summed E-state index contributed by atoms with van der Waals surface area (Å²) in [7, 11) is 0. The van der Waals surface area contributed by atoms with Gasteiger partial charge in [-0.25, -0.2) is 4.79 Å². The molecule has 1 heterocycles. The zero-order chi connectivity index (χ0) is 16.6. The van der Waals surface area contributed by atoms with Crippen LogP contribution in [0.4, 0.5) is 4.79 Å². The zero-order valence-electron chi connectivity index (χ0n) is 13.9. The molecule has 1 unspecified atom stereocenters. The average molecular weight is 331 g/mol. The largest absolute Gasteiger partial charge is 0.444 e. The first-order chi connectivity index (χ1) is 10.3. The molecule has 22 heavy (non-hydrogen) atoms. The molecule has 6 nitrogen and oxygen atoms in total. The van der Waals surface area contributed by atoms with Crippen molar-refractivity contribution in [3.8, 4) is 0 Å². The molecule has 1 aliphatic heterocycles. The Morgan fingerprint density at radius 2 is 2.00 bits per heavy atom. The third kappa shape index (κ3) is 7.26. The van der Waals surface area contributed by atoms with Crippen LogP contribution >= 0.6 is 12.2 Å². The first-order valence-electron chi connectivity index (χ1n) is 7.95. The Labute approximate surface area is 138 Å². The van der Waals surface area contributed by atoms with Gasteiger partial charge in [0, 0.05) is 32.3 Å². The molecule has 0 radical (unpaired) electrons. The van der Waals surface area contributed by atoms with E-state index in [2.05, 4.69) is 15.5 Å². The van der Waals surface area contributed by atoms with Crippen molar-refractivity contribution < 1.29 is 14.6 Å². The van der Waals surface area contributed by atoms with E-state index in [-0.39, 0.29) is 6.61 Å². The van der Waals surface area contributed by atoms with Gasteiger partial charge in [-0.15, -0.1) is 0 Å². The second-order valence-electron chi connectivity index (χ2n) is 6.52. The van der Waals surface area contributed by atoms with E-state index in [1.54, 1.807) is 0 Å². The molecular weight excluding hydrogens is 302 g/mol. The van der Waals surface area contributed by atoms with Gasteiger partial charge in [-0.05, 0) is 58.7 Å². The molecule has 3 N–H and O–H groups in total. The fraction of sp³-hybridized carbons (Fsp3) is 0.867. The van der Waals surface area contributed by atoms with Crippen molar-refractivity contribution >= 4 is 23.4 Å². The zero-order valence-corrected chi connectivity index (χ0v) is 14.7. The Balaban J connectivity index is 2.26. The standard InChI is InChI=1S/C15H29N3O3S/c1-15(2,3)21-14(20)17-9-8-16-13(22)18-10-5-4-6-12(18)7-11-19/h12,19H,4-11H2,1-3H3,(H,16,22)(H,17,20). The molecule has 1 amide bonds. The number of carbonyl (C=O) groups excluding carboxylic acids is 1. The Kier molecular flexibility index (Phi) is 7.89. The van der Waals surface area contributed by atoms with Crippen LogP contribution in [-0.4, -0.2) is 59.1 Å². The number of amides is 1. The molecule has 7 heteroatoms. The normalized spacial score (nSPS) is 18.7. The van der Waals surface area contributed by atoms with Gasteiger partial charge >= 0.3 is 6.09 Å². The molecule has 1 atom stereocenters. The molecule has 0 aromatic carbocycles. The third-order valence-electron chi connectivity index (χ3n) is 3.42. The molecule has 1 saturated heterocycles. The molecule has 128 valence electrons. The van der Waals surface area contributed by atoms with E-state index in [9.17, 15) is 4.79 Å². The van der Waals surface area contributed by atoms with Gasteiger partial charge in [-0.1, -0.05) is 0 Å². The monoisotopic (exact) mass is 331 g/mol. The van der Waals surface area contributed by atoms with E-state index >= 15 is 0 Å². The Hall–Kier alpha value is -1.08. The van der Waals surface area contributed by atoms with Crippen molar-refractivity contribution in [1.29, 1.82) is 0 Å². The molecule has 0 aromatic heterocycles. The molecule has 1 aliphatic rings.